The number of ether oxygens (including phenoxy) is 5. The molecule has 1 rings (SSSR count). The molecular formula is C13H19NO10. The first-order chi connectivity index (χ1) is 11.1. The predicted octanol–water partition coefficient (Wildman–Crippen LogP) is -1.41. The molecule has 1 heterocycles. The summed E-state index contributed by atoms with van der Waals surface area (Å²) in [4.78, 5) is 44.6. The van der Waals surface area contributed by atoms with Crippen molar-refractivity contribution >= 4 is 24.0 Å². The lowest BCUT2D eigenvalue weighted by molar-refractivity contribution is -0.292. The molecule has 1 fully saturated rings. The van der Waals surface area contributed by atoms with Crippen LogP contribution in [0.15, 0.2) is 0 Å². The lowest BCUT2D eigenvalue weighted by atomic mass is 9.98. The third kappa shape index (κ3) is 5.66. The summed E-state index contributed by atoms with van der Waals surface area (Å²) in [7, 11) is 0. The third-order valence-electron chi connectivity index (χ3n) is 2.92. The van der Waals surface area contributed by atoms with Crippen LogP contribution in [0.5, 0.6) is 0 Å². The Bertz CT molecular complexity index is 507. The van der Waals surface area contributed by atoms with E-state index in [0.717, 1.165) is 20.8 Å². The van der Waals surface area contributed by atoms with Crippen LogP contribution in [0.3, 0.4) is 0 Å². The van der Waals surface area contributed by atoms with Gasteiger partial charge in [-0.05, 0) is 0 Å². The van der Waals surface area contributed by atoms with Gasteiger partial charge in [-0.15, -0.1) is 0 Å². The van der Waals surface area contributed by atoms with Crippen molar-refractivity contribution in [1.82, 2.24) is 0 Å². The number of aliphatic hydroxyl groups is 1. The zero-order valence-electron chi connectivity index (χ0n) is 13.3. The van der Waals surface area contributed by atoms with Crippen LogP contribution < -0.4 is 5.73 Å². The first-order valence-corrected chi connectivity index (χ1v) is 6.89. The molecule has 0 aromatic carbocycles. The molecule has 1 saturated heterocycles. The number of esters is 3. The normalized spacial score (nSPS) is 29.2. The fourth-order valence-electron chi connectivity index (χ4n) is 2.15. The summed E-state index contributed by atoms with van der Waals surface area (Å²) < 4.78 is 24.6. The number of hydrogen-bond acceptors (Lipinski definition) is 10. The highest BCUT2D eigenvalue weighted by molar-refractivity contribution is 5.68. The van der Waals surface area contributed by atoms with Gasteiger partial charge in [0.1, 0.15) is 12.7 Å². The molecule has 0 radical (unpaired) electrons. The van der Waals surface area contributed by atoms with E-state index in [2.05, 4.69) is 0 Å². The molecule has 1 amide bonds. The first kappa shape index (κ1) is 19.6. The van der Waals surface area contributed by atoms with E-state index in [0.29, 0.717) is 0 Å². The van der Waals surface area contributed by atoms with Crippen LogP contribution in [0.1, 0.15) is 20.8 Å². The van der Waals surface area contributed by atoms with Gasteiger partial charge in [-0.25, -0.2) is 4.79 Å². The zero-order chi connectivity index (χ0) is 18.4. The predicted molar refractivity (Wildman–Crippen MR) is 73.1 cm³/mol. The van der Waals surface area contributed by atoms with Crippen LogP contribution in [-0.4, -0.2) is 66.4 Å². The Balaban J connectivity index is 3.11. The number of nitrogens with two attached hydrogens (primary N) is 1. The van der Waals surface area contributed by atoms with E-state index in [1.807, 2.05) is 0 Å². The number of hydrogen-bond donors (Lipinski definition) is 2. The van der Waals surface area contributed by atoms with Crippen molar-refractivity contribution in [1.29, 1.82) is 0 Å². The van der Waals surface area contributed by atoms with E-state index in [4.69, 9.17) is 29.4 Å². The number of primary amides is 1. The van der Waals surface area contributed by atoms with E-state index >= 15 is 0 Å². The summed E-state index contributed by atoms with van der Waals surface area (Å²) in [5.41, 5.74) is 4.98. The average Bonchev–Trinajstić information content (AvgIpc) is 2.42. The van der Waals surface area contributed by atoms with Crippen molar-refractivity contribution < 1.29 is 48.0 Å². The van der Waals surface area contributed by atoms with Gasteiger partial charge in [0.25, 0.3) is 0 Å². The molecule has 5 atom stereocenters. The van der Waals surface area contributed by atoms with E-state index in [1.165, 1.54) is 0 Å². The number of aliphatic hydroxyl groups excluding tert-OH is 1. The summed E-state index contributed by atoms with van der Waals surface area (Å²) in [5.74, 6) is -2.25. The lowest BCUT2D eigenvalue weighted by Crippen LogP contribution is -2.62. The average molecular weight is 349 g/mol. The fraction of sp³-hybridized carbons (Fsp3) is 0.692. The highest BCUT2D eigenvalue weighted by Gasteiger charge is 2.51. The van der Waals surface area contributed by atoms with Crippen molar-refractivity contribution in [2.24, 2.45) is 5.73 Å². The zero-order valence-corrected chi connectivity index (χ0v) is 13.3. The minimum absolute atomic E-state index is 0.422. The fourth-order valence-corrected chi connectivity index (χ4v) is 2.15. The van der Waals surface area contributed by atoms with Crippen LogP contribution in [0.2, 0.25) is 0 Å². The number of carbonyl (C=O) groups is 4. The molecule has 0 aromatic heterocycles. The molecule has 0 aliphatic carbocycles. The number of rotatable bonds is 5. The maximum Gasteiger partial charge on any atom is 0.405 e. The first-order valence-electron chi connectivity index (χ1n) is 6.89. The van der Waals surface area contributed by atoms with Gasteiger partial charge in [-0.1, -0.05) is 0 Å². The molecule has 0 saturated carbocycles. The van der Waals surface area contributed by atoms with Gasteiger partial charge in [0.15, 0.2) is 24.6 Å². The van der Waals surface area contributed by atoms with Gasteiger partial charge in [-0.2, -0.15) is 0 Å². The Morgan fingerprint density at radius 3 is 1.92 bits per heavy atom. The second kappa shape index (κ2) is 8.45. The van der Waals surface area contributed by atoms with Crippen LogP contribution in [-0.2, 0) is 38.1 Å². The van der Waals surface area contributed by atoms with Gasteiger partial charge in [0.05, 0.1) is 0 Å². The Morgan fingerprint density at radius 2 is 1.46 bits per heavy atom. The van der Waals surface area contributed by atoms with Crippen molar-refractivity contribution in [3.8, 4) is 0 Å². The van der Waals surface area contributed by atoms with E-state index in [1.54, 1.807) is 0 Å². The maximum absolute atomic E-state index is 11.3. The highest BCUT2D eigenvalue weighted by atomic mass is 16.7. The monoisotopic (exact) mass is 349 g/mol. The SMILES string of the molecule is CC(=O)OC[C@H]1O[C@H](O)[C@@H](OC(C)=O)[C@@H](OC(C)=O)[C@@H]1OC(N)=O. The molecule has 0 spiro atoms. The highest BCUT2D eigenvalue weighted by Crippen LogP contribution is 2.27. The van der Waals surface area contributed by atoms with Crippen molar-refractivity contribution in [2.45, 2.75) is 51.5 Å². The minimum atomic E-state index is -1.72. The summed E-state index contributed by atoms with van der Waals surface area (Å²) in [6, 6.07) is 0. The largest absolute Gasteiger partial charge is 0.463 e. The second-order valence-corrected chi connectivity index (χ2v) is 4.92. The summed E-state index contributed by atoms with van der Waals surface area (Å²) >= 11 is 0. The Hall–Kier alpha value is -2.40. The van der Waals surface area contributed by atoms with Crippen LogP contribution in [0, 0.1) is 0 Å². The summed E-state index contributed by atoms with van der Waals surface area (Å²) in [6.07, 6.45) is -8.41. The maximum atomic E-state index is 11.3. The Labute approximate surface area is 136 Å². The van der Waals surface area contributed by atoms with E-state index < -0.39 is 61.3 Å². The van der Waals surface area contributed by atoms with Crippen LogP contribution in [0.4, 0.5) is 4.79 Å². The summed E-state index contributed by atoms with van der Waals surface area (Å²) in [6.45, 7) is 2.84. The minimum Gasteiger partial charge on any atom is -0.463 e. The molecular weight excluding hydrogens is 330 g/mol. The molecule has 0 unspecified atom stereocenters. The molecule has 136 valence electrons. The van der Waals surface area contributed by atoms with Crippen molar-refractivity contribution in [3.05, 3.63) is 0 Å². The van der Waals surface area contributed by atoms with Gasteiger partial charge < -0.3 is 34.5 Å². The van der Waals surface area contributed by atoms with Gasteiger partial charge in [0, 0.05) is 20.8 Å². The van der Waals surface area contributed by atoms with Gasteiger partial charge >= 0.3 is 24.0 Å². The number of carbonyl (C=O) groups excluding carboxylic acids is 4. The van der Waals surface area contributed by atoms with Crippen molar-refractivity contribution in [2.75, 3.05) is 6.61 Å². The topological polar surface area (TPSA) is 161 Å². The standard InChI is InChI=1S/C13H19NO10/c1-5(15)20-4-8-9(24-13(14)19)10(21-6(2)16)11(12(18)23-8)22-7(3)17/h8-12,18H,4H2,1-3H3,(H2,14,19)/t8-,9-,10+,11+,12+/m1/s1. The van der Waals surface area contributed by atoms with Crippen LogP contribution >= 0.6 is 0 Å². The quantitative estimate of drug-likeness (QED) is 0.446. The lowest BCUT2D eigenvalue weighted by Gasteiger charge is -2.42. The Morgan fingerprint density at radius 1 is 0.917 bits per heavy atom. The van der Waals surface area contributed by atoms with Gasteiger partial charge in [0.2, 0.25) is 0 Å². The molecule has 1 aliphatic rings. The smallest absolute Gasteiger partial charge is 0.405 e. The van der Waals surface area contributed by atoms with E-state index in [9.17, 15) is 24.3 Å². The number of amides is 1. The Kier molecular flexibility index (Phi) is 6.92. The van der Waals surface area contributed by atoms with Crippen molar-refractivity contribution in [3.63, 3.8) is 0 Å². The molecule has 24 heavy (non-hydrogen) atoms. The summed E-state index contributed by atoms with van der Waals surface area (Å²) in [5, 5.41) is 9.99. The molecule has 1 aliphatic heterocycles. The van der Waals surface area contributed by atoms with E-state index in [-0.39, 0.29) is 0 Å². The molecule has 0 aromatic rings. The second-order valence-electron chi connectivity index (χ2n) is 4.92. The van der Waals surface area contributed by atoms with Gasteiger partial charge in [-0.3, -0.25) is 14.4 Å². The third-order valence-corrected chi connectivity index (χ3v) is 2.92. The molecule has 11 heteroatoms. The molecule has 3 N–H and O–H groups in total. The molecule has 0 bridgehead atoms. The van der Waals surface area contributed by atoms with Crippen LogP contribution in [0.25, 0.3) is 0 Å². The molecule has 11 nitrogen and oxygen atoms in total.